The quantitative estimate of drug-likeness (QED) is 0.665. The molecule has 0 bridgehead atoms. The highest BCUT2D eigenvalue weighted by atomic mass is 32.2. The third-order valence-electron chi connectivity index (χ3n) is 4.66. The number of anilines is 1. The Morgan fingerprint density at radius 1 is 1.03 bits per heavy atom. The maximum atomic E-state index is 12.7. The second kappa shape index (κ2) is 8.17. The second-order valence-electron chi connectivity index (χ2n) is 6.76. The number of sulfonamides is 1. The number of rotatable bonds is 6. The van der Waals surface area contributed by atoms with Gasteiger partial charge in [-0.25, -0.2) is 18.5 Å². The van der Waals surface area contributed by atoms with Crippen LogP contribution in [-0.2, 0) is 32.2 Å². The van der Waals surface area contributed by atoms with E-state index >= 15 is 0 Å². The van der Waals surface area contributed by atoms with Crippen molar-refractivity contribution in [3.05, 3.63) is 59.7 Å². The van der Waals surface area contributed by atoms with Crippen molar-refractivity contribution in [2.24, 2.45) is 5.14 Å². The largest absolute Gasteiger partial charge is 0.416 e. The summed E-state index contributed by atoms with van der Waals surface area (Å²) in [5.41, 5.74) is 0.0145. The number of hydrogen-bond donors (Lipinski definition) is 2. The highest BCUT2D eigenvalue weighted by Gasteiger charge is 2.39. The first-order valence-electron chi connectivity index (χ1n) is 8.86. The molecule has 2 amide bonds. The fourth-order valence-corrected chi connectivity index (χ4v) is 3.61. The Kier molecular flexibility index (Phi) is 5.97. The average molecular weight is 441 g/mol. The lowest BCUT2D eigenvalue weighted by atomic mass is 10.1. The van der Waals surface area contributed by atoms with Crippen molar-refractivity contribution in [2.45, 2.75) is 30.0 Å². The summed E-state index contributed by atoms with van der Waals surface area (Å²) >= 11 is 0. The smallest absolute Gasteiger partial charge is 0.305 e. The van der Waals surface area contributed by atoms with Crippen LogP contribution in [0.15, 0.2) is 53.4 Å². The van der Waals surface area contributed by atoms with E-state index in [1.54, 1.807) is 12.1 Å². The van der Waals surface area contributed by atoms with Gasteiger partial charge in [-0.05, 0) is 54.9 Å². The van der Waals surface area contributed by atoms with E-state index in [1.807, 2.05) is 0 Å². The first-order valence-corrected chi connectivity index (χ1v) is 10.4. The van der Waals surface area contributed by atoms with Crippen molar-refractivity contribution in [3.8, 4) is 0 Å². The topological polar surface area (TPSA) is 110 Å². The van der Waals surface area contributed by atoms with Crippen molar-refractivity contribution >= 4 is 27.5 Å². The van der Waals surface area contributed by atoms with E-state index in [9.17, 15) is 31.2 Å². The van der Waals surface area contributed by atoms with E-state index in [1.165, 1.54) is 12.1 Å². The summed E-state index contributed by atoms with van der Waals surface area (Å²) in [5, 5.41) is 7.99. The Labute approximate surface area is 170 Å². The lowest BCUT2D eigenvalue weighted by Gasteiger charge is -2.16. The summed E-state index contributed by atoms with van der Waals surface area (Å²) in [6.07, 6.45) is -4.15. The van der Waals surface area contributed by atoms with Gasteiger partial charge in [-0.2, -0.15) is 13.2 Å². The van der Waals surface area contributed by atoms with Crippen molar-refractivity contribution in [2.75, 3.05) is 11.4 Å². The Morgan fingerprint density at radius 3 is 2.17 bits per heavy atom. The van der Waals surface area contributed by atoms with Crippen LogP contribution in [0.2, 0.25) is 0 Å². The zero-order valence-electron chi connectivity index (χ0n) is 15.5. The number of hydrogen-bond acceptors (Lipinski definition) is 5. The summed E-state index contributed by atoms with van der Waals surface area (Å²) in [6, 6.07) is 8.98. The Morgan fingerprint density at radius 2 is 1.63 bits per heavy atom. The minimum Gasteiger partial charge on any atom is -0.305 e. The molecule has 2 aromatic carbocycles. The molecule has 3 N–H and O–H groups in total. The van der Waals surface area contributed by atoms with E-state index in [2.05, 4.69) is 5.32 Å². The third-order valence-corrected chi connectivity index (χ3v) is 5.58. The third kappa shape index (κ3) is 4.86. The van der Waals surface area contributed by atoms with Crippen molar-refractivity contribution in [1.29, 1.82) is 0 Å². The lowest BCUT2D eigenvalue weighted by molar-refractivity contribution is -0.137. The number of nitrogens with two attached hydrogens (primary N) is 1. The zero-order valence-corrected chi connectivity index (χ0v) is 16.3. The van der Waals surface area contributed by atoms with Crippen molar-refractivity contribution in [1.82, 2.24) is 5.32 Å². The van der Waals surface area contributed by atoms with Gasteiger partial charge >= 0.3 is 6.18 Å². The summed E-state index contributed by atoms with van der Waals surface area (Å²) in [7, 11) is -3.78. The fourth-order valence-electron chi connectivity index (χ4n) is 3.10. The first-order chi connectivity index (χ1) is 14.0. The van der Waals surface area contributed by atoms with Gasteiger partial charge in [-0.15, -0.1) is 0 Å². The molecule has 1 saturated heterocycles. The van der Waals surface area contributed by atoms with Crippen LogP contribution < -0.4 is 15.4 Å². The number of carbonyl (C=O) groups is 2. The van der Waals surface area contributed by atoms with Gasteiger partial charge in [0.25, 0.3) is 5.91 Å². The number of nitrogens with one attached hydrogen (secondary N) is 1. The predicted octanol–water partition coefficient (Wildman–Crippen LogP) is 1.82. The molecule has 160 valence electrons. The molecule has 30 heavy (non-hydrogen) atoms. The monoisotopic (exact) mass is 441 g/mol. The highest BCUT2D eigenvalue weighted by Crippen LogP contribution is 2.31. The number of halogens is 3. The molecule has 1 heterocycles. The molecule has 1 aliphatic heterocycles. The maximum absolute atomic E-state index is 12.7. The molecule has 1 fully saturated rings. The number of imide groups is 1. The molecule has 11 heteroatoms. The molecule has 0 spiro atoms. The Bertz CT molecular complexity index is 1050. The number of primary sulfonamides is 1. The normalized spacial score (nSPS) is 17.6. The van der Waals surface area contributed by atoms with Crippen LogP contribution in [0.5, 0.6) is 0 Å². The minimum atomic E-state index is -4.51. The van der Waals surface area contributed by atoms with Gasteiger partial charge in [0.1, 0.15) is 0 Å². The minimum absolute atomic E-state index is 0.0111. The number of nitrogens with zero attached hydrogens (tertiary/aromatic N) is 1. The molecular formula is C19H18F3N3O4S. The van der Waals surface area contributed by atoms with Crippen LogP contribution in [0.1, 0.15) is 17.5 Å². The highest BCUT2D eigenvalue weighted by molar-refractivity contribution is 7.89. The van der Waals surface area contributed by atoms with Crippen LogP contribution in [0.4, 0.5) is 18.9 Å². The van der Waals surface area contributed by atoms with Gasteiger partial charge < -0.3 is 5.32 Å². The molecule has 1 unspecified atom stereocenters. The van der Waals surface area contributed by atoms with Gasteiger partial charge in [0.2, 0.25) is 15.9 Å². The standard InChI is InChI=1S/C19H18F3N3O4S/c20-19(21,22)13-3-5-14(6-4-13)25-17(26)11-16(18(25)27)24-10-9-12-1-7-15(8-2-12)30(23,28)29/h1-8,16,24H,9-11H2,(H2,23,28,29). The van der Waals surface area contributed by atoms with Crippen LogP contribution in [0, 0.1) is 0 Å². The molecule has 0 saturated carbocycles. The van der Waals surface area contributed by atoms with Gasteiger partial charge in [-0.1, -0.05) is 12.1 Å². The molecule has 2 aromatic rings. The Balaban J connectivity index is 1.60. The molecule has 1 atom stereocenters. The molecule has 0 radical (unpaired) electrons. The summed E-state index contributed by atoms with van der Waals surface area (Å²) < 4.78 is 60.5. The van der Waals surface area contributed by atoms with E-state index in [4.69, 9.17) is 5.14 Å². The molecule has 7 nitrogen and oxygen atoms in total. The summed E-state index contributed by atoms with van der Waals surface area (Å²) in [4.78, 5) is 25.6. The Hall–Kier alpha value is -2.76. The van der Waals surface area contributed by atoms with Crippen LogP contribution in [0.25, 0.3) is 0 Å². The van der Waals surface area contributed by atoms with Crippen LogP contribution in [-0.4, -0.2) is 32.8 Å². The van der Waals surface area contributed by atoms with Gasteiger partial charge in [0.05, 0.1) is 28.6 Å². The van der Waals surface area contributed by atoms with Crippen molar-refractivity contribution in [3.63, 3.8) is 0 Å². The molecule has 3 rings (SSSR count). The average Bonchev–Trinajstić information content (AvgIpc) is 2.94. The van der Waals surface area contributed by atoms with E-state index in [-0.39, 0.29) is 17.0 Å². The maximum Gasteiger partial charge on any atom is 0.416 e. The molecule has 1 aliphatic rings. The molecular weight excluding hydrogens is 423 g/mol. The number of carbonyl (C=O) groups excluding carboxylic acids is 2. The lowest BCUT2D eigenvalue weighted by Crippen LogP contribution is -2.39. The van der Waals surface area contributed by atoms with Gasteiger partial charge in [-0.3, -0.25) is 9.59 Å². The number of benzene rings is 2. The molecule has 0 aromatic heterocycles. The van der Waals surface area contributed by atoms with Crippen molar-refractivity contribution < 1.29 is 31.2 Å². The van der Waals surface area contributed by atoms with E-state index in [0.717, 1.165) is 34.7 Å². The van der Waals surface area contributed by atoms with Crippen LogP contribution in [0.3, 0.4) is 0 Å². The second-order valence-corrected chi connectivity index (χ2v) is 8.32. The SMILES string of the molecule is NS(=O)(=O)c1ccc(CCNC2CC(=O)N(c3ccc(C(F)(F)F)cc3)C2=O)cc1. The van der Waals surface area contributed by atoms with Gasteiger partial charge in [0, 0.05) is 0 Å². The van der Waals surface area contributed by atoms with Gasteiger partial charge in [0.15, 0.2) is 0 Å². The van der Waals surface area contributed by atoms with Crippen LogP contribution >= 0.6 is 0 Å². The first kappa shape index (κ1) is 21.9. The molecule has 0 aliphatic carbocycles. The summed E-state index contributed by atoms with van der Waals surface area (Å²) in [6.45, 7) is 0.333. The number of amides is 2. The fraction of sp³-hybridized carbons (Fsp3) is 0.263. The van der Waals surface area contributed by atoms with E-state index in [0.29, 0.717) is 13.0 Å². The number of alkyl halides is 3. The zero-order chi connectivity index (χ0) is 22.1. The predicted molar refractivity (Wildman–Crippen MR) is 102 cm³/mol. The summed E-state index contributed by atoms with van der Waals surface area (Å²) in [5.74, 6) is -1.04. The van der Waals surface area contributed by atoms with E-state index < -0.39 is 39.6 Å².